The van der Waals surface area contributed by atoms with Gasteiger partial charge >= 0.3 is 0 Å². The number of thioether (sulfide) groups is 1. The van der Waals surface area contributed by atoms with Gasteiger partial charge in [-0.05, 0) is 50.2 Å². The number of benzene rings is 1. The Balaban J connectivity index is 2.08. The Morgan fingerprint density at radius 3 is 2.73 bits per heavy atom. The molecule has 3 heterocycles. The first-order valence-corrected chi connectivity index (χ1v) is 10.6. The Labute approximate surface area is 161 Å². The average molecular weight is 387 g/mol. The van der Waals surface area contributed by atoms with Crippen molar-refractivity contribution in [2.75, 3.05) is 5.75 Å². The number of aryl methyl sites for hydroxylation is 1. The van der Waals surface area contributed by atoms with Gasteiger partial charge in [-0.15, -0.1) is 11.8 Å². The van der Waals surface area contributed by atoms with E-state index in [4.69, 9.17) is 4.74 Å². The molecule has 0 unspecified atom stereocenters. The molecule has 0 aliphatic carbocycles. The van der Waals surface area contributed by atoms with Gasteiger partial charge in [-0.25, -0.2) is 0 Å². The molecule has 0 radical (unpaired) electrons. The van der Waals surface area contributed by atoms with Crippen LogP contribution < -0.4 is 5.56 Å². The Kier molecular flexibility index (Phi) is 4.45. The van der Waals surface area contributed by atoms with Crippen molar-refractivity contribution in [3.63, 3.8) is 0 Å². The fourth-order valence-corrected chi connectivity index (χ4v) is 5.25. The van der Waals surface area contributed by atoms with Crippen molar-refractivity contribution in [1.82, 2.24) is 8.94 Å². The molecule has 2 aromatic heterocycles. The lowest BCUT2D eigenvalue weighted by Crippen LogP contribution is -2.37. The van der Waals surface area contributed by atoms with Crippen molar-refractivity contribution in [3.05, 3.63) is 51.4 Å². The molecule has 0 atom stereocenters. The van der Waals surface area contributed by atoms with E-state index < -0.39 is 0 Å². The topological polar surface area (TPSA) is 44.1 Å². The van der Waals surface area contributed by atoms with Gasteiger partial charge in [0.1, 0.15) is 5.03 Å². The minimum atomic E-state index is -0.286. The molecule has 0 fully saturated rings. The molecule has 0 saturated carbocycles. The summed E-state index contributed by atoms with van der Waals surface area (Å²) in [6.45, 7) is 8.81. The van der Waals surface area contributed by atoms with Crippen molar-refractivity contribution in [1.29, 1.82) is 0 Å². The molecule has 6 heteroatoms. The molecular weight excluding hydrogens is 364 g/mol. The Morgan fingerprint density at radius 2 is 2.04 bits per heavy atom. The third-order valence-electron chi connectivity index (χ3n) is 4.74. The lowest BCUT2D eigenvalue weighted by Gasteiger charge is -2.33. The monoisotopic (exact) mass is 386 g/mol. The summed E-state index contributed by atoms with van der Waals surface area (Å²) in [4.78, 5) is 13.5. The van der Waals surface area contributed by atoms with E-state index >= 15 is 0 Å². The fraction of sp³-hybridized carbons (Fsp3) is 0.400. The summed E-state index contributed by atoms with van der Waals surface area (Å²) >= 11 is 3.05. The number of nitrogens with zero attached hydrogens (tertiary/aromatic N) is 2. The zero-order chi connectivity index (χ0) is 18.5. The Hall–Kier alpha value is -1.63. The van der Waals surface area contributed by atoms with Gasteiger partial charge in [0, 0.05) is 23.4 Å². The van der Waals surface area contributed by atoms with E-state index in [1.54, 1.807) is 11.8 Å². The number of pyridine rings is 1. The molecule has 0 spiro atoms. The zero-order valence-electron chi connectivity index (χ0n) is 15.5. The molecule has 1 aromatic carbocycles. The highest BCUT2D eigenvalue weighted by Crippen LogP contribution is 2.37. The largest absolute Gasteiger partial charge is 0.370 e. The smallest absolute Gasteiger partial charge is 0.266 e. The van der Waals surface area contributed by atoms with Gasteiger partial charge in [0.05, 0.1) is 22.3 Å². The number of hydrogen-bond acceptors (Lipinski definition) is 5. The highest BCUT2D eigenvalue weighted by atomic mass is 32.2. The van der Waals surface area contributed by atoms with Crippen molar-refractivity contribution >= 4 is 33.4 Å². The van der Waals surface area contributed by atoms with Crippen LogP contribution in [0, 0.1) is 6.92 Å². The maximum absolute atomic E-state index is 13.5. The first-order chi connectivity index (χ1) is 12.4. The second-order valence-corrected chi connectivity index (χ2v) is 9.28. The molecule has 0 bridgehead atoms. The molecule has 1 aliphatic heterocycles. The van der Waals surface area contributed by atoms with Crippen LogP contribution in [0.4, 0.5) is 0 Å². The predicted octanol–water partition coefficient (Wildman–Crippen LogP) is 4.72. The van der Waals surface area contributed by atoms with Gasteiger partial charge in [-0.3, -0.25) is 9.36 Å². The van der Waals surface area contributed by atoms with Crippen LogP contribution in [0.2, 0.25) is 0 Å². The van der Waals surface area contributed by atoms with Gasteiger partial charge in [-0.2, -0.15) is 4.37 Å². The van der Waals surface area contributed by atoms with Gasteiger partial charge < -0.3 is 4.74 Å². The normalized spacial score (nSPS) is 16.0. The van der Waals surface area contributed by atoms with E-state index in [1.165, 1.54) is 17.1 Å². The molecule has 0 amide bonds. The summed E-state index contributed by atoms with van der Waals surface area (Å²) in [5.41, 5.74) is 4.00. The van der Waals surface area contributed by atoms with E-state index in [-0.39, 0.29) is 11.2 Å². The third kappa shape index (κ3) is 2.90. The van der Waals surface area contributed by atoms with Crippen molar-refractivity contribution < 1.29 is 4.74 Å². The molecule has 0 N–H and O–H groups in total. The lowest BCUT2D eigenvalue weighted by molar-refractivity contribution is -0.0411. The molecule has 136 valence electrons. The SMILES string of the molecule is CCSc1nsc2c3c(n(-c4ccc(C)cc4)c(=O)c12)CC(C)(C)OC3. The minimum absolute atomic E-state index is 0.0324. The second-order valence-electron chi connectivity index (χ2n) is 7.25. The number of fused-ring (bicyclic) bond motifs is 3. The fourth-order valence-electron chi connectivity index (χ4n) is 3.43. The minimum Gasteiger partial charge on any atom is -0.370 e. The molecule has 1 aliphatic rings. The molecule has 3 aromatic rings. The highest BCUT2D eigenvalue weighted by Gasteiger charge is 2.32. The third-order valence-corrected chi connectivity index (χ3v) is 6.62. The zero-order valence-corrected chi connectivity index (χ0v) is 17.1. The lowest BCUT2D eigenvalue weighted by atomic mass is 9.94. The first kappa shape index (κ1) is 17.8. The Morgan fingerprint density at radius 1 is 1.31 bits per heavy atom. The van der Waals surface area contributed by atoms with Gasteiger partial charge in [0.25, 0.3) is 5.56 Å². The molecule has 26 heavy (non-hydrogen) atoms. The molecule has 4 nitrogen and oxygen atoms in total. The average Bonchev–Trinajstić information content (AvgIpc) is 3.00. The molecule has 4 rings (SSSR count). The first-order valence-electron chi connectivity index (χ1n) is 8.81. The van der Waals surface area contributed by atoms with Gasteiger partial charge in [0.2, 0.25) is 0 Å². The van der Waals surface area contributed by atoms with E-state index in [0.29, 0.717) is 13.0 Å². The van der Waals surface area contributed by atoms with Crippen molar-refractivity contribution in [2.24, 2.45) is 0 Å². The van der Waals surface area contributed by atoms with E-state index in [2.05, 4.69) is 44.2 Å². The van der Waals surface area contributed by atoms with Crippen LogP contribution in [0.1, 0.15) is 37.6 Å². The Bertz CT molecular complexity index is 1030. The van der Waals surface area contributed by atoms with Gasteiger partial charge in [0.15, 0.2) is 0 Å². The van der Waals surface area contributed by atoms with Crippen LogP contribution in [0.15, 0.2) is 34.1 Å². The van der Waals surface area contributed by atoms with Crippen LogP contribution in [-0.4, -0.2) is 20.3 Å². The van der Waals surface area contributed by atoms with Crippen LogP contribution in [0.3, 0.4) is 0 Å². The summed E-state index contributed by atoms with van der Waals surface area (Å²) in [5.74, 6) is 0.892. The summed E-state index contributed by atoms with van der Waals surface area (Å²) in [5, 5.41) is 1.58. The summed E-state index contributed by atoms with van der Waals surface area (Å²) in [6, 6.07) is 8.16. The summed E-state index contributed by atoms with van der Waals surface area (Å²) in [6.07, 6.45) is 0.704. The molecular formula is C20H22N2O2S2. The summed E-state index contributed by atoms with van der Waals surface area (Å²) in [7, 11) is 0. The van der Waals surface area contributed by atoms with Crippen molar-refractivity contribution in [3.8, 4) is 5.69 Å². The predicted molar refractivity (Wildman–Crippen MR) is 109 cm³/mol. The van der Waals surface area contributed by atoms with Crippen LogP contribution in [-0.2, 0) is 17.8 Å². The van der Waals surface area contributed by atoms with E-state index in [9.17, 15) is 4.79 Å². The maximum atomic E-state index is 13.5. The number of rotatable bonds is 3. The standard InChI is InChI=1S/C20H22N2O2S2/c1-5-25-18-16-17(26-21-18)14-11-24-20(3,4)10-15(14)22(19(16)23)13-8-6-12(2)7-9-13/h6-9H,5,10-11H2,1-4H3. The number of hydrogen-bond donors (Lipinski definition) is 0. The summed E-state index contributed by atoms with van der Waals surface area (Å²) < 4.78 is 13.5. The maximum Gasteiger partial charge on any atom is 0.266 e. The van der Waals surface area contributed by atoms with E-state index in [0.717, 1.165) is 37.8 Å². The second kappa shape index (κ2) is 6.51. The molecule has 0 saturated heterocycles. The van der Waals surface area contributed by atoms with E-state index in [1.807, 2.05) is 16.7 Å². The van der Waals surface area contributed by atoms with Crippen LogP contribution in [0.25, 0.3) is 15.8 Å². The number of ether oxygens (including phenoxy) is 1. The number of aromatic nitrogens is 2. The van der Waals surface area contributed by atoms with Gasteiger partial charge in [-0.1, -0.05) is 24.6 Å². The van der Waals surface area contributed by atoms with Crippen molar-refractivity contribution in [2.45, 2.75) is 51.3 Å². The quantitative estimate of drug-likeness (QED) is 0.611. The van der Waals surface area contributed by atoms with Crippen LogP contribution in [0.5, 0.6) is 0 Å². The van der Waals surface area contributed by atoms with Crippen LogP contribution >= 0.6 is 23.3 Å². The highest BCUT2D eigenvalue weighted by molar-refractivity contribution is 7.99.